The maximum absolute atomic E-state index is 4.81. The third kappa shape index (κ3) is 7.96. The Bertz CT molecular complexity index is 832. The molecule has 0 amide bonds. The van der Waals surface area contributed by atoms with Crippen molar-refractivity contribution in [3.8, 4) is 0 Å². The molecule has 2 heterocycles. The SMILES string of the molecule is CCNC(=NCc1ccnc(N2CCN(C)CC2)c1)NCC(C)c1cccc(C)c1.I. The molecular weight excluding hydrogens is 499 g/mol. The molecule has 0 saturated carbocycles. The number of piperazine rings is 1. The number of hydrogen-bond acceptors (Lipinski definition) is 4. The first-order valence-corrected chi connectivity index (χ1v) is 11.0. The number of aromatic nitrogens is 1. The number of likely N-dealkylation sites (N-methyl/N-ethyl adjacent to an activating group) is 1. The quantitative estimate of drug-likeness (QED) is 0.322. The van der Waals surface area contributed by atoms with Gasteiger partial charge in [0, 0.05) is 45.5 Å². The second-order valence-corrected chi connectivity index (χ2v) is 8.20. The van der Waals surface area contributed by atoms with E-state index in [0.29, 0.717) is 12.5 Å². The number of nitrogens with one attached hydrogen (secondary N) is 2. The predicted octanol–water partition coefficient (Wildman–Crippen LogP) is 3.62. The van der Waals surface area contributed by atoms with E-state index >= 15 is 0 Å². The van der Waals surface area contributed by atoms with Gasteiger partial charge in [0.25, 0.3) is 0 Å². The third-order valence-electron chi connectivity index (χ3n) is 5.59. The van der Waals surface area contributed by atoms with Gasteiger partial charge in [-0.3, -0.25) is 0 Å². The summed E-state index contributed by atoms with van der Waals surface area (Å²) in [5.74, 6) is 2.33. The molecule has 1 aliphatic heterocycles. The van der Waals surface area contributed by atoms with Crippen molar-refractivity contribution in [2.24, 2.45) is 4.99 Å². The van der Waals surface area contributed by atoms with E-state index in [2.05, 4.69) is 89.6 Å². The van der Waals surface area contributed by atoms with E-state index in [1.165, 1.54) is 16.7 Å². The number of guanidine groups is 1. The van der Waals surface area contributed by atoms with E-state index in [-0.39, 0.29) is 24.0 Å². The second-order valence-electron chi connectivity index (χ2n) is 8.20. The molecule has 170 valence electrons. The van der Waals surface area contributed by atoms with Crippen LogP contribution < -0.4 is 15.5 Å². The minimum Gasteiger partial charge on any atom is -0.357 e. The maximum Gasteiger partial charge on any atom is 0.191 e. The second kappa shape index (κ2) is 12.9. The van der Waals surface area contributed by atoms with E-state index in [4.69, 9.17) is 4.99 Å². The molecule has 1 aliphatic rings. The average Bonchev–Trinajstić information content (AvgIpc) is 2.76. The van der Waals surface area contributed by atoms with Crippen molar-refractivity contribution >= 4 is 35.8 Å². The van der Waals surface area contributed by atoms with Crippen molar-refractivity contribution in [2.45, 2.75) is 33.2 Å². The van der Waals surface area contributed by atoms with Crippen LogP contribution in [0.25, 0.3) is 0 Å². The highest BCUT2D eigenvalue weighted by Crippen LogP contribution is 2.16. The van der Waals surface area contributed by atoms with E-state index in [9.17, 15) is 0 Å². The molecule has 1 aromatic heterocycles. The van der Waals surface area contributed by atoms with Gasteiger partial charge in [-0.05, 0) is 50.1 Å². The van der Waals surface area contributed by atoms with E-state index in [0.717, 1.165) is 51.0 Å². The maximum atomic E-state index is 4.81. The Morgan fingerprint density at radius 1 is 1.13 bits per heavy atom. The van der Waals surface area contributed by atoms with Gasteiger partial charge < -0.3 is 20.4 Å². The van der Waals surface area contributed by atoms with E-state index in [1.807, 2.05) is 6.20 Å². The summed E-state index contributed by atoms with van der Waals surface area (Å²) in [5.41, 5.74) is 3.83. The molecule has 1 aromatic carbocycles. The largest absolute Gasteiger partial charge is 0.357 e. The molecule has 1 unspecified atom stereocenters. The third-order valence-corrected chi connectivity index (χ3v) is 5.59. The van der Waals surface area contributed by atoms with Crippen molar-refractivity contribution in [3.63, 3.8) is 0 Å². The van der Waals surface area contributed by atoms with Crippen molar-refractivity contribution in [3.05, 3.63) is 59.3 Å². The molecule has 3 rings (SSSR count). The van der Waals surface area contributed by atoms with Crippen molar-refractivity contribution in [1.82, 2.24) is 20.5 Å². The first-order chi connectivity index (χ1) is 14.5. The monoisotopic (exact) mass is 536 g/mol. The van der Waals surface area contributed by atoms with Gasteiger partial charge in [-0.2, -0.15) is 0 Å². The molecule has 1 atom stereocenters. The Hall–Kier alpha value is -1.87. The smallest absolute Gasteiger partial charge is 0.191 e. The van der Waals surface area contributed by atoms with Crippen LogP contribution in [-0.2, 0) is 6.54 Å². The normalized spacial score (nSPS) is 15.9. The zero-order valence-corrected chi connectivity index (χ0v) is 21.6. The predicted molar refractivity (Wildman–Crippen MR) is 142 cm³/mol. The molecule has 1 fully saturated rings. The van der Waals surface area contributed by atoms with Gasteiger partial charge in [-0.15, -0.1) is 24.0 Å². The molecule has 2 N–H and O–H groups in total. The Labute approximate surface area is 204 Å². The molecule has 1 saturated heterocycles. The topological polar surface area (TPSA) is 55.8 Å². The Balaban J connectivity index is 0.00000341. The fraction of sp³-hybridized carbons (Fsp3) is 0.500. The number of benzene rings is 1. The van der Waals surface area contributed by atoms with E-state index < -0.39 is 0 Å². The summed E-state index contributed by atoms with van der Waals surface area (Å²) in [6.07, 6.45) is 1.90. The highest BCUT2D eigenvalue weighted by Gasteiger charge is 2.15. The van der Waals surface area contributed by atoms with Crippen LogP contribution in [0, 0.1) is 6.92 Å². The number of anilines is 1. The summed E-state index contributed by atoms with van der Waals surface area (Å²) in [5, 5.41) is 6.86. The molecule has 0 spiro atoms. The average molecular weight is 537 g/mol. The zero-order chi connectivity index (χ0) is 21.3. The van der Waals surface area contributed by atoms with Crippen LogP contribution in [0.1, 0.15) is 36.5 Å². The molecule has 7 heteroatoms. The van der Waals surface area contributed by atoms with Crippen LogP contribution in [0.3, 0.4) is 0 Å². The first-order valence-electron chi connectivity index (χ1n) is 11.0. The molecule has 6 nitrogen and oxygen atoms in total. The van der Waals surface area contributed by atoms with Crippen LogP contribution in [0.15, 0.2) is 47.6 Å². The Morgan fingerprint density at radius 3 is 2.61 bits per heavy atom. The van der Waals surface area contributed by atoms with Crippen LogP contribution in [-0.4, -0.2) is 62.2 Å². The highest BCUT2D eigenvalue weighted by molar-refractivity contribution is 14.0. The Kier molecular flexibility index (Phi) is 10.5. The number of halogens is 1. The van der Waals surface area contributed by atoms with Crippen LogP contribution >= 0.6 is 24.0 Å². The number of nitrogens with zero attached hydrogens (tertiary/aromatic N) is 4. The van der Waals surface area contributed by atoms with Gasteiger partial charge in [0.15, 0.2) is 5.96 Å². The number of rotatable bonds is 7. The van der Waals surface area contributed by atoms with Crippen LogP contribution in [0.2, 0.25) is 0 Å². The minimum absolute atomic E-state index is 0. The lowest BCUT2D eigenvalue weighted by atomic mass is 9.99. The van der Waals surface area contributed by atoms with Gasteiger partial charge in [0.2, 0.25) is 0 Å². The Morgan fingerprint density at radius 2 is 1.90 bits per heavy atom. The lowest BCUT2D eigenvalue weighted by molar-refractivity contribution is 0.312. The number of aryl methyl sites for hydroxylation is 1. The molecule has 2 aromatic rings. The molecule has 0 aliphatic carbocycles. The summed E-state index contributed by atoms with van der Waals surface area (Å²) in [6.45, 7) is 13.0. The van der Waals surface area contributed by atoms with Gasteiger partial charge in [0.1, 0.15) is 5.82 Å². The number of aliphatic imine (C=N–C) groups is 1. The van der Waals surface area contributed by atoms with E-state index in [1.54, 1.807) is 0 Å². The first kappa shape index (κ1) is 25.4. The summed E-state index contributed by atoms with van der Waals surface area (Å²) in [4.78, 5) is 14.1. The summed E-state index contributed by atoms with van der Waals surface area (Å²) >= 11 is 0. The van der Waals surface area contributed by atoms with Crippen molar-refractivity contribution < 1.29 is 0 Å². The lowest BCUT2D eigenvalue weighted by Crippen LogP contribution is -2.44. The van der Waals surface area contributed by atoms with Crippen molar-refractivity contribution in [2.75, 3.05) is 51.2 Å². The van der Waals surface area contributed by atoms with Crippen molar-refractivity contribution in [1.29, 1.82) is 0 Å². The van der Waals surface area contributed by atoms with Gasteiger partial charge in [0.05, 0.1) is 6.54 Å². The summed E-state index contributed by atoms with van der Waals surface area (Å²) < 4.78 is 0. The van der Waals surface area contributed by atoms with Gasteiger partial charge in [-0.1, -0.05) is 36.8 Å². The van der Waals surface area contributed by atoms with Crippen LogP contribution in [0.4, 0.5) is 5.82 Å². The fourth-order valence-corrected chi connectivity index (χ4v) is 3.62. The lowest BCUT2D eigenvalue weighted by Gasteiger charge is -2.33. The number of hydrogen-bond donors (Lipinski definition) is 2. The number of pyridine rings is 1. The zero-order valence-electron chi connectivity index (χ0n) is 19.3. The molecule has 0 bridgehead atoms. The summed E-state index contributed by atoms with van der Waals surface area (Å²) in [7, 11) is 2.17. The molecule has 31 heavy (non-hydrogen) atoms. The van der Waals surface area contributed by atoms with Gasteiger partial charge >= 0.3 is 0 Å². The minimum atomic E-state index is 0. The van der Waals surface area contributed by atoms with Crippen LogP contribution in [0.5, 0.6) is 0 Å². The fourth-order valence-electron chi connectivity index (χ4n) is 3.62. The summed E-state index contributed by atoms with van der Waals surface area (Å²) in [6, 6.07) is 12.9. The van der Waals surface area contributed by atoms with Gasteiger partial charge in [-0.25, -0.2) is 9.98 Å². The molecule has 0 radical (unpaired) electrons. The highest BCUT2D eigenvalue weighted by atomic mass is 127. The standard InChI is InChI=1S/C24H36N6.HI/c1-5-25-24(27-17-20(3)22-8-6-7-19(2)15-22)28-18-21-9-10-26-23(16-21)30-13-11-29(4)12-14-30;/h6-10,15-16,20H,5,11-14,17-18H2,1-4H3,(H2,25,27,28);1H. The molecular formula is C24H37IN6.